The van der Waals surface area contributed by atoms with Gasteiger partial charge in [-0.1, -0.05) is 15.9 Å². The fourth-order valence-corrected chi connectivity index (χ4v) is 1.48. The molecule has 0 unspecified atom stereocenters. The molecule has 1 heterocycles. The molecule has 0 aliphatic heterocycles. The summed E-state index contributed by atoms with van der Waals surface area (Å²) in [6.45, 7) is 6.46. The zero-order valence-corrected chi connectivity index (χ0v) is 10.8. The number of rotatable bonds is 3. The first-order chi connectivity index (χ1) is 6.47. The van der Waals surface area contributed by atoms with Crippen LogP contribution in [-0.2, 0) is 0 Å². The smallest absolute Gasteiger partial charge is 0.128 e. The molecule has 0 radical (unpaired) electrons. The molecule has 0 saturated carbocycles. The van der Waals surface area contributed by atoms with Gasteiger partial charge in [-0.2, -0.15) is 0 Å². The number of aromatic nitrogens is 1. The normalized spacial score (nSPS) is 11.5. The lowest BCUT2D eigenvalue weighted by Gasteiger charge is -2.35. The second-order valence-electron chi connectivity index (χ2n) is 4.20. The zero-order valence-electron chi connectivity index (χ0n) is 9.21. The van der Waals surface area contributed by atoms with E-state index in [4.69, 9.17) is 0 Å². The van der Waals surface area contributed by atoms with E-state index in [1.54, 1.807) is 0 Å². The Labute approximate surface area is 94.5 Å². The van der Waals surface area contributed by atoms with Gasteiger partial charge < -0.3 is 4.90 Å². The number of alkyl halides is 1. The second-order valence-corrected chi connectivity index (χ2v) is 4.76. The number of halogens is 1. The van der Waals surface area contributed by atoms with Crippen LogP contribution in [0.5, 0.6) is 0 Å². The SMILES string of the molecule is Cc1ccnc(N(C)C(C)(C)CBr)c1. The summed E-state index contributed by atoms with van der Waals surface area (Å²) >= 11 is 3.52. The van der Waals surface area contributed by atoms with Gasteiger partial charge in [-0.25, -0.2) is 4.98 Å². The summed E-state index contributed by atoms with van der Waals surface area (Å²) in [6, 6.07) is 4.11. The van der Waals surface area contributed by atoms with Crippen LogP contribution < -0.4 is 4.90 Å². The molecule has 0 aliphatic carbocycles. The van der Waals surface area contributed by atoms with E-state index in [0.717, 1.165) is 11.1 Å². The average Bonchev–Trinajstić information content (AvgIpc) is 2.16. The lowest BCUT2D eigenvalue weighted by atomic mass is 10.1. The predicted octanol–water partition coefficient (Wildman–Crippen LogP) is 3.00. The first-order valence-electron chi connectivity index (χ1n) is 4.70. The van der Waals surface area contributed by atoms with Gasteiger partial charge in [0.25, 0.3) is 0 Å². The molecule has 0 amide bonds. The Morgan fingerprint density at radius 2 is 2.14 bits per heavy atom. The van der Waals surface area contributed by atoms with Gasteiger partial charge in [0.1, 0.15) is 5.82 Å². The van der Waals surface area contributed by atoms with Gasteiger partial charge in [-0.15, -0.1) is 0 Å². The number of nitrogens with zero attached hydrogens (tertiary/aromatic N) is 2. The van der Waals surface area contributed by atoms with Crippen molar-refractivity contribution in [2.24, 2.45) is 0 Å². The summed E-state index contributed by atoms with van der Waals surface area (Å²) in [5.74, 6) is 1.02. The van der Waals surface area contributed by atoms with Crippen LogP contribution in [0.1, 0.15) is 19.4 Å². The maximum atomic E-state index is 4.36. The average molecular weight is 257 g/mol. The molecule has 0 N–H and O–H groups in total. The Balaban J connectivity index is 2.94. The van der Waals surface area contributed by atoms with Crippen molar-refractivity contribution in [2.45, 2.75) is 26.3 Å². The molecule has 0 fully saturated rings. The molecular weight excluding hydrogens is 240 g/mol. The Kier molecular flexibility index (Phi) is 3.53. The number of hydrogen-bond donors (Lipinski definition) is 0. The van der Waals surface area contributed by atoms with Gasteiger partial charge in [0.05, 0.1) is 0 Å². The zero-order chi connectivity index (χ0) is 10.8. The van der Waals surface area contributed by atoms with E-state index in [0.29, 0.717) is 0 Å². The summed E-state index contributed by atoms with van der Waals surface area (Å²) in [4.78, 5) is 6.55. The lowest BCUT2D eigenvalue weighted by molar-refractivity contribution is 0.547. The van der Waals surface area contributed by atoms with Crippen LogP contribution in [0.15, 0.2) is 18.3 Å². The van der Waals surface area contributed by atoms with E-state index in [-0.39, 0.29) is 5.54 Å². The van der Waals surface area contributed by atoms with Crippen LogP contribution in [0, 0.1) is 6.92 Å². The van der Waals surface area contributed by atoms with Crippen molar-refractivity contribution in [3.63, 3.8) is 0 Å². The van der Waals surface area contributed by atoms with E-state index < -0.39 is 0 Å². The van der Waals surface area contributed by atoms with Gasteiger partial charge in [-0.05, 0) is 38.5 Å². The Morgan fingerprint density at radius 1 is 1.50 bits per heavy atom. The predicted molar refractivity (Wildman–Crippen MR) is 65.3 cm³/mol. The lowest BCUT2D eigenvalue weighted by Crippen LogP contribution is -2.43. The summed E-state index contributed by atoms with van der Waals surface area (Å²) < 4.78 is 0. The molecular formula is C11H17BrN2. The molecule has 3 heteroatoms. The highest BCUT2D eigenvalue weighted by Gasteiger charge is 2.22. The molecule has 0 aromatic carbocycles. The number of aryl methyl sites for hydroxylation is 1. The van der Waals surface area contributed by atoms with Crippen molar-refractivity contribution in [1.82, 2.24) is 4.98 Å². The molecule has 0 spiro atoms. The summed E-state index contributed by atoms with van der Waals surface area (Å²) in [6.07, 6.45) is 1.85. The van der Waals surface area contributed by atoms with Crippen LogP contribution in [-0.4, -0.2) is 22.9 Å². The number of anilines is 1. The largest absolute Gasteiger partial charge is 0.354 e. The topological polar surface area (TPSA) is 16.1 Å². The van der Waals surface area contributed by atoms with E-state index in [9.17, 15) is 0 Å². The molecule has 2 nitrogen and oxygen atoms in total. The highest BCUT2D eigenvalue weighted by Crippen LogP contribution is 2.22. The number of pyridine rings is 1. The minimum Gasteiger partial charge on any atom is -0.354 e. The third kappa shape index (κ3) is 2.47. The molecule has 0 aliphatic rings. The minimum atomic E-state index is 0.0841. The van der Waals surface area contributed by atoms with Crippen molar-refractivity contribution in [1.29, 1.82) is 0 Å². The molecule has 0 bridgehead atoms. The van der Waals surface area contributed by atoms with Crippen LogP contribution in [0.25, 0.3) is 0 Å². The highest BCUT2D eigenvalue weighted by atomic mass is 79.9. The van der Waals surface area contributed by atoms with Crippen LogP contribution in [0.3, 0.4) is 0 Å². The van der Waals surface area contributed by atoms with Crippen LogP contribution in [0.2, 0.25) is 0 Å². The first kappa shape index (κ1) is 11.5. The Hall–Kier alpha value is -0.570. The van der Waals surface area contributed by atoms with Gasteiger partial charge in [0.15, 0.2) is 0 Å². The monoisotopic (exact) mass is 256 g/mol. The summed E-state index contributed by atoms with van der Waals surface area (Å²) in [5.41, 5.74) is 1.33. The van der Waals surface area contributed by atoms with E-state index in [1.807, 2.05) is 12.3 Å². The summed E-state index contributed by atoms with van der Waals surface area (Å²) in [5, 5.41) is 0.923. The molecule has 0 saturated heterocycles. The van der Waals surface area contributed by atoms with E-state index in [1.165, 1.54) is 5.56 Å². The van der Waals surface area contributed by atoms with Gasteiger partial charge >= 0.3 is 0 Å². The molecule has 0 atom stereocenters. The van der Waals surface area contributed by atoms with Crippen molar-refractivity contribution >= 4 is 21.7 Å². The standard InChI is InChI=1S/C11H17BrN2/c1-9-5-6-13-10(7-9)14(4)11(2,3)8-12/h5-7H,8H2,1-4H3. The fourth-order valence-electron chi connectivity index (χ4n) is 1.10. The van der Waals surface area contributed by atoms with Gasteiger partial charge in [-0.3, -0.25) is 0 Å². The van der Waals surface area contributed by atoms with E-state index in [2.05, 4.69) is 59.7 Å². The second kappa shape index (κ2) is 4.30. The van der Waals surface area contributed by atoms with Crippen LogP contribution >= 0.6 is 15.9 Å². The maximum Gasteiger partial charge on any atom is 0.128 e. The Morgan fingerprint density at radius 3 is 2.64 bits per heavy atom. The third-order valence-corrected chi connectivity index (χ3v) is 3.85. The van der Waals surface area contributed by atoms with Crippen molar-refractivity contribution in [3.8, 4) is 0 Å². The van der Waals surface area contributed by atoms with Crippen molar-refractivity contribution < 1.29 is 0 Å². The molecule has 1 rings (SSSR count). The third-order valence-electron chi connectivity index (χ3n) is 2.48. The quantitative estimate of drug-likeness (QED) is 0.774. The van der Waals surface area contributed by atoms with Crippen LogP contribution in [0.4, 0.5) is 5.82 Å². The van der Waals surface area contributed by atoms with E-state index >= 15 is 0 Å². The van der Waals surface area contributed by atoms with Gasteiger partial charge in [0, 0.05) is 24.1 Å². The Bertz CT molecular complexity index is 310. The fraction of sp³-hybridized carbons (Fsp3) is 0.545. The molecule has 1 aromatic rings. The van der Waals surface area contributed by atoms with Gasteiger partial charge in [0.2, 0.25) is 0 Å². The highest BCUT2D eigenvalue weighted by molar-refractivity contribution is 9.09. The number of hydrogen-bond acceptors (Lipinski definition) is 2. The minimum absolute atomic E-state index is 0.0841. The maximum absolute atomic E-state index is 4.36. The summed E-state index contributed by atoms with van der Waals surface area (Å²) in [7, 11) is 2.07. The van der Waals surface area contributed by atoms with Crippen molar-refractivity contribution in [3.05, 3.63) is 23.9 Å². The molecule has 14 heavy (non-hydrogen) atoms. The first-order valence-corrected chi connectivity index (χ1v) is 5.82. The molecule has 1 aromatic heterocycles. The molecule has 78 valence electrons. The van der Waals surface area contributed by atoms with Crippen molar-refractivity contribution in [2.75, 3.05) is 17.3 Å².